The second-order valence-electron chi connectivity index (χ2n) is 4.15. The summed E-state index contributed by atoms with van der Waals surface area (Å²) < 4.78 is 9.78. The fraction of sp³-hybridized carbons (Fsp3) is 0.286. The van der Waals surface area contributed by atoms with Crippen LogP contribution in [-0.4, -0.2) is 42.9 Å². The zero-order valence-corrected chi connectivity index (χ0v) is 11.3. The van der Waals surface area contributed by atoms with Crippen LogP contribution in [0.2, 0.25) is 0 Å². The topological polar surface area (TPSA) is 80.7 Å². The number of nitrogens with zero attached hydrogens (tertiary/aromatic N) is 1. The summed E-state index contributed by atoms with van der Waals surface area (Å²) in [4.78, 5) is 15.7. The molecule has 0 aliphatic heterocycles. The van der Waals surface area contributed by atoms with Crippen LogP contribution in [0.1, 0.15) is 0 Å². The Bertz CT molecular complexity index is 615. The maximum atomic E-state index is 11.5. The summed E-state index contributed by atoms with van der Waals surface area (Å²) in [5.74, 6) is 0.704. The van der Waals surface area contributed by atoms with E-state index in [1.807, 2.05) is 18.2 Å². The summed E-state index contributed by atoms with van der Waals surface area (Å²) >= 11 is 0. The van der Waals surface area contributed by atoms with Crippen LogP contribution >= 0.6 is 0 Å². The van der Waals surface area contributed by atoms with Crippen molar-refractivity contribution < 1.29 is 19.4 Å². The number of carbonyl (C=O) groups is 1. The van der Waals surface area contributed by atoms with Crippen molar-refractivity contribution in [2.45, 2.75) is 6.04 Å². The van der Waals surface area contributed by atoms with Gasteiger partial charge >= 0.3 is 5.97 Å². The van der Waals surface area contributed by atoms with Crippen LogP contribution < -0.4 is 10.1 Å². The Balaban J connectivity index is 2.36. The van der Waals surface area contributed by atoms with E-state index < -0.39 is 12.0 Å². The van der Waals surface area contributed by atoms with E-state index in [1.165, 1.54) is 7.11 Å². The quantitative estimate of drug-likeness (QED) is 0.798. The zero-order chi connectivity index (χ0) is 14.5. The third-order valence-electron chi connectivity index (χ3n) is 2.95. The molecular formula is C14H16N2O4. The van der Waals surface area contributed by atoms with Gasteiger partial charge in [0.25, 0.3) is 0 Å². The highest BCUT2D eigenvalue weighted by molar-refractivity contribution is 5.94. The predicted octanol–water partition coefficient (Wildman–Crippen LogP) is 1.19. The van der Waals surface area contributed by atoms with Gasteiger partial charge in [0.2, 0.25) is 0 Å². The van der Waals surface area contributed by atoms with Gasteiger partial charge in [-0.15, -0.1) is 0 Å². The minimum absolute atomic E-state index is 0.374. The number of aliphatic hydroxyl groups is 1. The van der Waals surface area contributed by atoms with Crippen molar-refractivity contribution in [3.63, 3.8) is 0 Å². The first-order valence-corrected chi connectivity index (χ1v) is 6.07. The van der Waals surface area contributed by atoms with Gasteiger partial charge in [-0.3, -0.25) is 0 Å². The molecule has 0 fully saturated rings. The Morgan fingerprint density at radius 3 is 2.85 bits per heavy atom. The Morgan fingerprint density at radius 2 is 2.20 bits per heavy atom. The minimum Gasteiger partial charge on any atom is -0.497 e. The van der Waals surface area contributed by atoms with E-state index in [9.17, 15) is 9.90 Å². The largest absolute Gasteiger partial charge is 0.497 e. The van der Waals surface area contributed by atoms with Crippen molar-refractivity contribution in [2.24, 2.45) is 0 Å². The number of benzene rings is 1. The highest BCUT2D eigenvalue weighted by Crippen LogP contribution is 2.25. The van der Waals surface area contributed by atoms with Gasteiger partial charge in [-0.05, 0) is 29.7 Å². The average molecular weight is 276 g/mol. The van der Waals surface area contributed by atoms with E-state index in [1.54, 1.807) is 19.4 Å². The molecule has 2 rings (SSSR count). The normalized spacial score (nSPS) is 11.9. The van der Waals surface area contributed by atoms with Crippen LogP contribution in [0.4, 0.5) is 5.82 Å². The number of anilines is 1. The molecule has 0 bridgehead atoms. The molecule has 20 heavy (non-hydrogen) atoms. The summed E-state index contributed by atoms with van der Waals surface area (Å²) in [6, 6.07) is 6.51. The number of ether oxygens (including phenoxy) is 2. The molecule has 0 radical (unpaired) electrons. The monoisotopic (exact) mass is 276 g/mol. The molecule has 0 amide bonds. The summed E-state index contributed by atoms with van der Waals surface area (Å²) in [6.45, 7) is -0.374. The first kappa shape index (κ1) is 14.1. The van der Waals surface area contributed by atoms with Gasteiger partial charge in [-0.2, -0.15) is 0 Å². The van der Waals surface area contributed by atoms with Gasteiger partial charge in [0.05, 0.1) is 20.8 Å². The SMILES string of the molecule is COC(=O)C(CO)Nc1nccc2cc(OC)ccc12. The lowest BCUT2D eigenvalue weighted by atomic mass is 10.1. The third-order valence-corrected chi connectivity index (χ3v) is 2.95. The number of carbonyl (C=O) groups excluding carboxylic acids is 1. The van der Waals surface area contributed by atoms with E-state index in [0.717, 1.165) is 16.5 Å². The van der Waals surface area contributed by atoms with Crippen LogP contribution in [0.3, 0.4) is 0 Å². The molecule has 106 valence electrons. The lowest BCUT2D eigenvalue weighted by molar-refractivity contribution is -0.142. The zero-order valence-electron chi connectivity index (χ0n) is 11.3. The highest BCUT2D eigenvalue weighted by Gasteiger charge is 2.19. The Labute approximate surface area is 116 Å². The third kappa shape index (κ3) is 2.80. The van der Waals surface area contributed by atoms with Crippen molar-refractivity contribution >= 4 is 22.6 Å². The maximum Gasteiger partial charge on any atom is 0.330 e. The number of fused-ring (bicyclic) bond motifs is 1. The molecule has 2 N–H and O–H groups in total. The molecule has 0 spiro atoms. The lowest BCUT2D eigenvalue weighted by Crippen LogP contribution is -2.34. The highest BCUT2D eigenvalue weighted by atomic mass is 16.5. The first-order valence-electron chi connectivity index (χ1n) is 6.07. The van der Waals surface area contributed by atoms with E-state index in [2.05, 4.69) is 15.0 Å². The van der Waals surface area contributed by atoms with Gasteiger partial charge in [0.15, 0.2) is 0 Å². The molecule has 1 unspecified atom stereocenters. The van der Waals surface area contributed by atoms with Crippen molar-refractivity contribution in [2.75, 3.05) is 26.1 Å². The Morgan fingerprint density at radius 1 is 1.40 bits per heavy atom. The molecule has 1 atom stereocenters. The minimum atomic E-state index is -0.847. The van der Waals surface area contributed by atoms with E-state index in [4.69, 9.17) is 4.74 Å². The van der Waals surface area contributed by atoms with Crippen molar-refractivity contribution in [3.05, 3.63) is 30.5 Å². The molecule has 0 aliphatic carbocycles. The van der Waals surface area contributed by atoms with Gasteiger partial charge in [-0.1, -0.05) is 0 Å². The van der Waals surface area contributed by atoms with Crippen molar-refractivity contribution in [3.8, 4) is 5.75 Å². The van der Waals surface area contributed by atoms with Gasteiger partial charge < -0.3 is 19.9 Å². The van der Waals surface area contributed by atoms with Crippen LogP contribution in [0.25, 0.3) is 10.8 Å². The summed E-state index contributed by atoms with van der Waals surface area (Å²) in [5, 5.41) is 13.9. The molecule has 1 aromatic carbocycles. The molecule has 1 heterocycles. The molecular weight excluding hydrogens is 260 g/mol. The number of hydrogen-bond donors (Lipinski definition) is 2. The molecule has 6 heteroatoms. The number of hydrogen-bond acceptors (Lipinski definition) is 6. The standard InChI is InChI=1S/C14H16N2O4/c1-19-10-3-4-11-9(7-10)5-6-15-13(11)16-12(8-17)14(18)20-2/h3-7,12,17H,8H2,1-2H3,(H,15,16). The molecule has 0 saturated carbocycles. The summed E-state index contributed by atoms with van der Waals surface area (Å²) in [7, 11) is 2.87. The number of pyridine rings is 1. The van der Waals surface area contributed by atoms with Crippen LogP contribution in [0.15, 0.2) is 30.5 Å². The number of methoxy groups -OCH3 is 2. The molecule has 1 aromatic heterocycles. The van der Waals surface area contributed by atoms with Gasteiger partial charge in [0.1, 0.15) is 17.6 Å². The van der Waals surface area contributed by atoms with E-state index in [-0.39, 0.29) is 6.61 Å². The van der Waals surface area contributed by atoms with Crippen molar-refractivity contribution in [1.82, 2.24) is 4.98 Å². The van der Waals surface area contributed by atoms with Gasteiger partial charge in [-0.25, -0.2) is 9.78 Å². The fourth-order valence-corrected chi connectivity index (χ4v) is 1.88. The average Bonchev–Trinajstić information content (AvgIpc) is 2.51. The maximum absolute atomic E-state index is 11.5. The second kappa shape index (κ2) is 6.21. The Kier molecular flexibility index (Phi) is 4.37. The van der Waals surface area contributed by atoms with E-state index in [0.29, 0.717) is 5.82 Å². The molecule has 6 nitrogen and oxygen atoms in total. The molecule has 0 saturated heterocycles. The summed E-state index contributed by atoms with van der Waals surface area (Å²) in [5.41, 5.74) is 0. The fourth-order valence-electron chi connectivity index (χ4n) is 1.88. The van der Waals surface area contributed by atoms with Crippen LogP contribution in [0, 0.1) is 0 Å². The number of rotatable bonds is 5. The smallest absolute Gasteiger partial charge is 0.330 e. The van der Waals surface area contributed by atoms with Gasteiger partial charge in [0, 0.05) is 11.6 Å². The molecule has 0 aliphatic rings. The Hall–Kier alpha value is -2.34. The van der Waals surface area contributed by atoms with Crippen molar-refractivity contribution in [1.29, 1.82) is 0 Å². The molecule has 2 aromatic rings. The lowest BCUT2D eigenvalue weighted by Gasteiger charge is -2.16. The predicted molar refractivity (Wildman–Crippen MR) is 74.8 cm³/mol. The number of esters is 1. The second-order valence-corrected chi connectivity index (χ2v) is 4.15. The van der Waals surface area contributed by atoms with Crippen LogP contribution in [-0.2, 0) is 9.53 Å². The number of aliphatic hydroxyl groups excluding tert-OH is 1. The number of nitrogens with one attached hydrogen (secondary N) is 1. The number of aromatic nitrogens is 1. The van der Waals surface area contributed by atoms with Crippen LogP contribution in [0.5, 0.6) is 5.75 Å². The summed E-state index contributed by atoms with van der Waals surface area (Å²) in [6.07, 6.45) is 1.62. The van der Waals surface area contributed by atoms with E-state index >= 15 is 0 Å². The first-order chi connectivity index (χ1) is 9.69.